The predicted octanol–water partition coefficient (Wildman–Crippen LogP) is 4.42. The third kappa shape index (κ3) is 4.46. The molecule has 0 aliphatic carbocycles. The van der Waals surface area contributed by atoms with Gasteiger partial charge in [-0.3, -0.25) is 0 Å². The Bertz CT molecular complexity index is 1520. The van der Waals surface area contributed by atoms with E-state index in [0.29, 0.717) is 5.56 Å². The van der Waals surface area contributed by atoms with Crippen molar-refractivity contribution in [3.63, 3.8) is 0 Å². The van der Waals surface area contributed by atoms with Crippen molar-refractivity contribution in [3.05, 3.63) is 94.5 Å². The first kappa shape index (κ1) is 24.7. The lowest BCUT2D eigenvalue weighted by atomic mass is 9.78. The maximum absolute atomic E-state index is 11.4. The summed E-state index contributed by atoms with van der Waals surface area (Å²) in [4.78, 5) is 0. The molecule has 9 nitrogen and oxygen atoms in total. The van der Waals surface area contributed by atoms with Gasteiger partial charge in [0.25, 0.3) is 0 Å². The van der Waals surface area contributed by atoms with E-state index in [1.54, 1.807) is 24.3 Å². The zero-order chi connectivity index (χ0) is 27.1. The molecule has 9 heteroatoms. The van der Waals surface area contributed by atoms with Gasteiger partial charge in [0.05, 0.1) is 5.92 Å². The number of benzene rings is 4. The molecule has 0 saturated heterocycles. The molecule has 0 saturated carbocycles. The normalized spacial score (nSPS) is 18.7. The number of hydrogen-bond acceptors (Lipinski definition) is 9. The van der Waals surface area contributed by atoms with Gasteiger partial charge in [-0.1, -0.05) is 30.4 Å². The van der Waals surface area contributed by atoms with Crippen LogP contribution < -0.4 is 4.74 Å². The Morgan fingerprint density at radius 3 is 1.84 bits per heavy atom. The third-order valence-electron chi connectivity index (χ3n) is 6.48. The van der Waals surface area contributed by atoms with Crippen molar-refractivity contribution in [1.82, 2.24) is 0 Å². The second-order valence-corrected chi connectivity index (χ2v) is 9.03. The summed E-state index contributed by atoms with van der Waals surface area (Å²) in [7, 11) is 0. The van der Waals surface area contributed by atoms with Crippen molar-refractivity contribution >= 4 is 12.2 Å². The van der Waals surface area contributed by atoms with E-state index in [4.69, 9.17) is 4.74 Å². The van der Waals surface area contributed by atoms with Gasteiger partial charge in [-0.2, -0.15) is 0 Å². The first-order valence-electron chi connectivity index (χ1n) is 11.6. The summed E-state index contributed by atoms with van der Waals surface area (Å²) in [6.07, 6.45) is 0.695. The standard InChI is InChI=1S/C29H24O9/c30-17-6-3-14(4-7-17)1-2-15-9-21(34)25(22(35)10-15)27-26-23(36)12-18(31)13-24(26)38-29(28(27)37)16-5-8-19(32)20(33)11-16/h1-13,27-37H/b2-1+/t27-,28+,29+/m0/s1. The molecule has 3 atom stereocenters. The van der Waals surface area contributed by atoms with E-state index >= 15 is 0 Å². The van der Waals surface area contributed by atoms with E-state index in [1.165, 1.54) is 48.5 Å². The van der Waals surface area contributed by atoms with Gasteiger partial charge in [-0.25, -0.2) is 0 Å². The van der Waals surface area contributed by atoms with Crippen molar-refractivity contribution in [2.45, 2.75) is 18.1 Å². The van der Waals surface area contributed by atoms with Crippen LogP contribution in [0, 0.1) is 0 Å². The molecule has 38 heavy (non-hydrogen) atoms. The SMILES string of the molecule is Oc1ccc(/C=C/c2cc(O)c([C@H]3c4c(O)cc(O)cc4O[C@H](c4ccc(O)c(O)c4)[C@@H]3O)c(O)c2)cc1. The van der Waals surface area contributed by atoms with Crippen molar-refractivity contribution in [2.24, 2.45) is 0 Å². The van der Waals surface area contributed by atoms with Crippen LogP contribution in [0.5, 0.6) is 46.0 Å². The number of aromatic hydroxyl groups is 7. The second kappa shape index (κ2) is 9.45. The quantitative estimate of drug-likeness (QED) is 0.144. The Kier molecular flexibility index (Phi) is 6.14. The van der Waals surface area contributed by atoms with Gasteiger partial charge in [-0.05, 0) is 53.1 Å². The van der Waals surface area contributed by atoms with Crippen LogP contribution in [-0.4, -0.2) is 47.0 Å². The number of rotatable bonds is 4. The number of phenols is 7. The highest BCUT2D eigenvalue weighted by Gasteiger charge is 2.43. The number of fused-ring (bicyclic) bond motifs is 1. The lowest BCUT2D eigenvalue weighted by molar-refractivity contribution is 0.00645. The molecule has 0 radical (unpaired) electrons. The number of ether oxygens (including phenoxy) is 1. The van der Waals surface area contributed by atoms with Crippen molar-refractivity contribution < 1.29 is 45.6 Å². The summed E-state index contributed by atoms with van der Waals surface area (Å²) < 4.78 is 5.88. The molecule has 8 N–H and O–H groups in total. The van der Waals surface area contributed by atoms with Gasteiger partial charge in [-0.15, -0.1) is 0 Å². The molecule has 1 aliphatic heterocycles. The molecule has 0 amide bonds. The summed E-state index contributed by atoms with van der Waals surface area (Å²) in [6.45, 7) is 0. The van der Waals surface area contributed by atoms with Gasteiger partial charge in [0.2, 0.25) is 0 Å². The molecule has 4 aromatic carbocycles. The number of phenolic OH excluding ortho intramolecular Hbond substituents is 7. The molecule has 1 heterocycles. The molecule has 194 valence electrons. The molecule has 0 unspecified atom stereocenters. The first-order valence-corrected chi connectivity index (χ1v) is 11.6. The number of aliphatic hydroxyl groups is 1. The maximum Gasteiger partial charge on any atom is 0.157 e. The molecule has 1 aliphatic rings. The lowest BCUT2D eigenvalue weighted by Crippen LogP contribution is -2.35. The first-order chi connectivity index (χ1) is 18.1. The zero-order valence-corrected chi connectivity index (χ0v) is 19.7. The van der Waals surface area contributed by atoms with E-state index in [9.17, 15) is 40.9 Å². The molecule has 4 aromatic rings. The average Bonchev–Trinajstić information content (AvgIpc) is 2.86. The van der Waals surface area contributed by atoms with Crippen molar-refractivity contribution in [2.75, 3.05) is 0 Å². The fourth-order valence-corrected chi connectivity index (χ4v) is 4.69. The average molecular weight is 517 g/mol. The molecule has 0 fully saturated rings. The third-order valence-corrected chi connectivity index (χ3v) is 6.48. The van der Waals surface area contributed by atoms with E-state index < -0.39 is 29.6 Å². The zero-order valence-electron chi connectivity index (χ0n) is 19.7. The van der Waals surface area contributed by atoms with Gasteiger partial charge in [0, 0.05) is 23.3 Å². The topological polar surface area (TPSA) is 171 Å². The summed E-state index contributed by atoms with van der Waals surface area (Å²) in [5, 5.41) is 83.3. The summed E-state index contributed by atoms with van der Waals surface area (Å²) >= 11 is 0. The second-order valence-electron chi connectivity index (χ2n) is 9.03. The smallest absolute Gasteiger partial charge is 0.157 e. The Hall–Kier alpha value is -5.02. The van der Waals surface area contributed by atoms with Crippen LogP contribution >= 0.6 is 0 Å². The summed E-state index contributed by atoms with van der Waals surface area (Å²) in [5.74, 6) is -3.40. The van der Waals surface area contributed by atoms with Crippen molar-refractivity contribution in [1.29, 1.82) is 0 Å². The molecule has 0 spiro atoms. The number of hydrogen-bond donors (Lipinski definition) is 8. The Balaban J connectivity index is 1.60. The Labute approximate surface area is 216 Å². The lowest BCUT2D eigenvalue weighted by Gasteiger charge is -2.38. The molecular weight excluding hydrogens is 492 g/mol. The molecule has 5 rings (SSSR count). The minimum absolute atomic E-state index is 0.00883. The fraction of sp³-hybridized carbons (Fsp3) is 0.103. The minimum Gasteiger partial charge on any atom is -0.508 e. The largest absolute Gasteiger partial charge is 0.508 e. The molecule has 0 aromatic heterocycles. The van der Waals surface area contributed by atoms with E-state index in [-0.39, 0.29) is 51.2 Å². The van der Waals surface area contributed by atoms with Crippen molar-refractivity contribution in [3.8, 4) is 46.0 Å². The molecule has 0 bridgehead atoms. The summed E-state index contributed by atoms with van der Waals surface area (Å²) in [6, 6.07) is 15.3. The van der Waals surface area contributed by atoms with E-state index in [1.807, 2.05) is 0 Å². The van der Waals surface area contributed by atoms with Crippen LogP contribution in [-0.2, 0) is 0 Å². The van der Waals surface area contributed by atoms with Gasteiger partial charge in [0.1, 0.15) is 40.6 Å². The van der Waals surface area contributed by atoms with Crippen LogP contribution in [0.1, 0.15) is 39.8 Å². The van der Waals surface area contributed by atoms with Crippen LogP contribution in [0.4, 0.5) is 0 Å². The highest BCUT2D eigenvalue weighted by atomic mass is 16.5. The van der Waals surface area contributed by atoms with E-state index in [2.05, 4.69) is 0 Å². The minimum atomic E-state index is -1.49. The molecular formula is C29H24O9. The van der Waals surface area contributed by atoms with Crippen LogP contribution in [0.25, 0.3) is 12.2 Å². The van der Waals surface area contributed by atoms with Gasteiger partial charge in [0.15, 0.2) is 17.6 Å². The van der Waals surface area contributed by atoms with Crippen LogP contribution in [0.15, 0.2) is 66.7 Å². The maximum atomic E-state index is 11.4. The monoisotopic (exact) mass is 516 g/mol. The van der Waals surface area contributed by atoms with E-state index in [0.717, 1.165) is 11.6 Å². The van der Waals surface area contributed by atoms with Crippen LogP contribution in [0.2, 0.25) is 0 Å². The predicted molar refractivity (Wildman–Crippen MR) is 138 cm³/mol. The van der Waals surface area contributed by atoms with Gasteiger partial charge >= 0.3 is 0 Å². The summed E-state index contributed by atoms with van der Waals surface area (Å²) in [5.41, 5.74) is 1.42. The number of aliphatic hydroxyl groups excluding tert-OH is 1. The van der Waals surface area contributed by atoms with Gasteiger partial charge < -0.3 is 45.6 Å². The Morgan fingerprint density at radius 2 is 1.18 bits per heavy atom. The highest BCUT2D eigenvalue weighted by molar-refractivity contribution is 5.73. The fourth-order valence-electron chi connectivity index (χ4n) is 4.69. The van der Waals surface area contributed by atoms with Crippen LogP contribution in [0.3, 0.4) is 0 Å². The Morgan fingerprint density at radius 1 is 0.553 bits per heavy atom. The highest BCUT2D eigenvalue weighted by Crippen LogP contribution is 2.54.